The molecule has 21 heavy (non-hydrogen) atoms. The van der Waals surface area contributed by atoms with Gasteiger partial charge >= 0.3 is 5.63 Å². The van der Waals surface area contributed by atoms with Gasteiger partial charge in [0.2, 0.25) is 0 Å². The van der Waals surface area contributed by atoms with Crippen molar-refractivity contribution in [3.05, 3.63) is 71.1 Å². The van der Waals surface area contributed by atoms with Crippen LogP contribution in [0.25, 0.3) is 21.7 Å². The van der Waals surface area contributed by atoms with Crippen molar-refractivity contribution in [1.29, 1.82) is 0 Å². The third-order valence-corrected chi connectivity index (χ3v) is 3.29. The number of amides is 1. The summed E-state index contributed by atoms with van der Waals surface area (Å²) in [7, 11) is 0. The van der Waals surface area contributed by atoms with Crippen molar-refractivity contribution < 1.29 is 9.21 Å². The van der Waals surface area contributed by atoms with Crippen molar-refractivity contribution in [1.82, 2.24) is 5.32 Å². The number of hydrogen-bond acceptors (Lipinski definition) is 3. The van der Waals surface area contributed by atoms with Crippen LogP contribution in [0.1, 0.15) is 10.4 Å². The number of hydrogen-bond donors (Lipinski definition) is 1. The van der Waals surface area contributed by atoms with E-state index in [2.05, 4.69) is 11.9 Å². The molecule has 1 aromatic heterocycles. The van der Waals surface area contributed by atoms with Crippen molar-refractivity contribution in [3.63, 3.8) is 0 Å². The van der Waals surface area contributed by atoms with E-state index in [-0.39, 0.29) is 5.56 Å². The summed E-state index contributed by atoms with van der Waals surface area (Å²) in [5, 5.41) is 5.30. The Kier molecular flexibility index (Phi) is 3.28. The SMILES string of the molecule is C=CCNC(=O)c1cc2c(ccc3ccccc32)oc1=O. The zero-order chi connectivity index (χ0) is 14.8. The lowest BCUT2D eigenvalue weighted by Gasteiger charge is -2.05. The van der Waals surface area contributed by atoms with Gasteiger partial charge in [0.05, 0.1) is 0 Å². The fraction of sp³-hybridized carbons (Fsp3) is 0.0588. The van der Waals surface area contributed by atoms with Crippen molar-refractivity contribution >= 4 is 27.6 Å². The molecule has 104 valence electrons. The van der Waals surface area contributed by atoms with E-state index in [4.69, 9.17) is 4.42 Å². The summed E-state index contributed by atoms with van der Waals surface area (Å²) >= 11 is 0. The van der Waals surface area contributed by atoms with Gasteiger partial charge in [0.1, 0.15) is 11.1 Å². The van der Waals surface area contributed by atoms with Gasteiger partial charge < -0.3 is 9.73 Å². The molecule has 0 aliphatic heterocycles. The molecule has 0 bridgehead atoms. The van der Waals surface area contributed by atoms with Crippen LogP contribution in [0.2, 0.25) is 0 Å². The zero-order valence-corrected chi connectivity index (χ0v) is 11.3. The third-order valence-electron chi connectivity index (χ3n) is 3.29. The summed E-state index contributed by atoms with van der Waals surface area (Å²) in [6, 6.07) is 13.0. The summed E-state index contributed by atoms with van der Waals surface area (Å²) in [5.74, 6) is -0.460. The van der Waals surface area contributed by atoms with Crippen LogP contribution in [0.4, 0.5) is 0 Å². The molecule has 0 saturated carbocycles. The van der Waals surface area contributed by atoms with Gasteiger partial charge in [0.25, 0.3) is 5.91 Å². The molecule has 0 atom stereocenters. The molecule has 1 amide bonds. The second kappa shape index (κ2) is 5.25. The quantitative estimate of drug-likeness (QED) is 0.455. The minimum atomic E-state index is -0.639. The van der Waals surface area contributed by atoms with Crippen LogP contribution < -0.4 is 10.9 Å². The van der Waals surface area contributed by atoms with Gasteiger partial charge in [-0.3, -0.25) is 4.79 Å². The first kappa shape index (κ1) is 13.1. The van der Waals surface area contributed by atoms with Gasteiger partial charge in [-0.05, 0) is 22.9 Å². The van der Waals surface area contributed by atoms with E-state index in [1.165, 1.54) is 0 Å². The Bertz CT molecular complexity index is 909. The number of carbonyl (C=O) groups excluding carboxylic acids is 1. The van der Waals surface area contributed by atoms with E-state index in [1.807, 2.05) is 30.3 Å². The predicted octanol–water partition coefficient (Wildman–Crippen LogP) is 2.86. The standard InChI is InChI=1S/C17H13NO3/c1-2-9-18-16(19)14-10-13-12-6-4-3-5-11(12)7-8-15(13)21-17(14)20/h2-8,10H,1,9H2,(H,18,19). The highest BCUT2D eigenvalue weighted by Gasteiger charge is 2.14. The molecule has 0 unspecified atom stereocenters. The van der Waals surface area contributed by atoms with Gasteiger partial charge in [-0.2, -0.15) is 0 Å². The Morgan fingerprint density at radius 1 is 1.19 bits per heavy atom. The largest absolute Gasteiger partial charge is 0.422 e. The molecule has 0 radical (unpaired) electrons. The highest BCUT2D eigenvalue weighted by atomic mass is 16.4. The molecule has 1 N–H and O–H groups in total. The molecule has 0 fully saturated rings. The van der Waals surface area contributed by atoms with Crippen molar-refractivity contribution in [2.24, 2.45) is 0 Å². The number of carbonyl (C=O) groups is 1. The van der Waals surface area contributed by atoms with Crippen molar-refractivity contribution in [2.45, 2.75) is 0 Å². The summed E-state index contributed by atoms with van der Waals surface area (Å²) < 4.78 is 5.26. The van der Waals surface area contributed by atoms with E-state index >= 15 is 0 Å². The normalized spacial score (nSPS) is 10.7. The monoisotopic (exact) mass is 279 g/mol. The van der Waals surface area contributed by atoms with Crippen molar-refractivity contribution in [2.75, 3.05) is 6.54 Å². The lowest BCUT2D eigenvalue weighted by atomic mass is 10.0. The molecule has 1 heterocycles. The molecule has 3 aromatic rings. The van der Waals surface area contributed by atoms with Gasteiger partial charge in [0.15, 0.2) is 0 Å². The minimum Gasteiger partial charge on any atom is -0.422 e. The van der Waals surface area contributed by atoms with Crippen LogP contribution in [0, 0.1) is 0 Å². The van der Waals surface area contributed by atoms with Gasteiger partial charge in [-0.25, -0.2) is 4.79 Å². The highest BCUT2D eigenvalue weighted by Crippen LogP contribution is 2.24. The number of benzene rings is 2. The number of rotatable bonds is 3. The maximum absolute atomic E-state index is 12.0. The highest BCUT2D eigenvalue weighted by molar-refractivity contribution is 6.07. The van der Waals surface area contributed by atoms with Crippen LogP contribution in [-0.4, -0.2) is 12.5 Å². The molecule has 0 saturated heterocycles. The topological polar surface area (TPSA) is 59.3 Å². The Morgan fingerprint density at radius 2 is 2.00 bits per heavy atom. The molecular weight excluding hydrogens is 266 g/mol. The Morgan fingerprint density at radius 3 is 2.81 bits per heavy atom. The van der Waals surface area contributed by atoms with E-state index < -0.39 is 11.5 Å². The molecular formula is C17H13NO3. The lowest BCUT2D eigenvalue weighted by Crippen LogP contribution is -2.28. The van der Waals surface area contributed by atoms with Crippen LogP contribution in [0.15, 0.2) is 64.3 Å². The van der Waals surface area contributed by atoms with Crippen LogP contribution in [-0.2, 0) is 0 Å². The van der Waals surface area contributed by atoms with E-state index in [0.29, 0.717) is 12.1 Å². The first-order chi connectivity index (χ1) is 10.2. The predicted molar refractivity (Wildman–Crippen MR) is 82.5 cm³/mol. The second-order valence-corrected chi connectivity index (χ2v) is 4.64. The molecule has 4 nitrogen and oxygen atoms in total. The molecule has 4 heteroatoms. The third kappa shape index (κ3) is 2.31. The first-order valence-corrected chi connectivity index (χ1v) is 6.55. The minimum absolute atomic E-state index is 0.000651. The van der Waals surface area contributed by atoms with Crippen LogP contribution in [0.3, 0.4) is 0 Å². The Balaban J connectivity index is 2.25. The summed E-state index contributed by atoms with van der Waals surface area (Å²) in [5.41, 5.74) is -0.168. The van der Waals surface area contributed by atoms with E-state index in [1.54, 1.807) is 18.2 Å². The summed E-state index contributed by atoms with van der Waals surface area (Å²) in [6.07, 6.45) is 1.55. The van der Waals surface area contributed by atoms with Crippen LogP contribution in [0.5, 0.6) is 0 Å². The van der Waals surface area contributed by atoms with Gasteiger partial charge in [0, 0.05) is 11.9 Å². The summed E-state index contributed by atoms with van der Waals surface area (Å²) in [6.45, 7) is 3.82. The Labute approximate surface area is 120 Å². The van der Waals surface area contributed by atoms with E-state index in [9.17, 15) is 9.59 Å². The molecule has 0 aliphatic carbocycles. The molecule has 0 spiro atoms. The van der Waals surface area contributed by atoms with Crippen molar-refractivity contribution in [3.8, 4) is 0 Å². The van der Waals surface area contributed by atoms with Crippen LogP contribution >= 0.6 is 0 Å². The average Bonchev–Trinajstić information content (AvgIpc) is 2.51. The zero-order valence-electron chi connectivity index (χ0n) is 11.3. The molecule has 0 aliphatic rings. The van der Waals surface area contributed by atoms with Gasteiger partial charge in [-0.15, -0.1) is 6.58 Å². The maximum Gasteiger partial charge on any atom is 0.349 e. The number of fused-ring (bicyclic) bond motifs is 3. The molecule has 2 aromatic carbocycles. The fourth-order valence-electron chi connectivity index (χ4n) is 2.29. The first-order valence-electron chi connectivity index (χ1n) is 6.55. The van der Waals surface area contributed by atoms with E-state index in [0.717, 1.165) is 16.2 Å². The Hall–Kier alpha value is -2.88. The van der Waals surface area contributed by atoms with Gasteiger partial charge in [-0.1, -0.05) is 36.4 Å². The lowest BCUT2D eigenvalue weighted by molar-refractivity contribution is 0.0954. The molecule has 3 rings (SSSR count). The average molecular weight is 279 g/mol. The second-order valence-electron chi connectivity index (χ2n) is 4.64. The fourth-order valence-corrected chi connectivity index (χ4v) is 2.29. The smallest absolute Gasteiger partial charge is 0.349 e. The number of nitrogens with one attached hydrogen (secondary N) is 1. The summed E-state index contributed by atoms with van der Waals surface area (Å²) in [4.78, 5) is 23.9. The maximum atomic E-state index is 12.0.